The first-order valence-corrected chi connectivity index (χ1v) is 5.59. The van der Waals surface area contributed by atoms with Crippen molar-refractivity contribution in [1.29, 1.82) is 0 Å². The highest BCUT2D eigenvalue weighted by atomic mass is 35.5. The Morgan fingerprint density at radius 1 is 1.00 bits per heavy atom. The molecule has 0 spiro atoms. The third-order valence-corrected chi connectivity index (χ3v) is 2.94. The molecule has 0 aliphatic rings. The smallest absolute Gasteiger partial charge is 0.397 e. The van der Waals surface area contributed by atoms with Gasteiger partial charge in [-0.3, -0.25) is 0 Å². The molecule has 0 aliphatic heterocycles. The summed E-state index contributed by atoms with van der Waals surface area (Å²) < 4.78 is 50.9. The summed E-state index contributed by atoms with van der Waals surface area (Å²) in [6.07, 6.45) is -4.42. The molecule has 2 rings (SSSR count). The van der Waals surface area contributed by atoms with E-state index in [9.17, 15) is 17.6 Å². The number of nitrogens with two attached hydrogens (primary N) is 1. The van der Waals surface area contributed by atoms with Gasteiger partial charge in [-0.2, -0.15) is 13.2 Å². The number of rotatable bonds is 1. The highest BCUT2D eigenvalue weighted by Gasteiger charge is 2.30. The van der Waals surface area contributed by atoms with Gasteiger partial charge in [-0.05, 0) is 29.8 Å². The number of anilines is 1. The van der Waals surface area contributed by atoms with E-state index in [1.54, 1.807) is 0 Å². The topological polar surface area (TPSA) is 26.0 Å². The van der Waals surface area contributed by atoms with Crippen LogP contribution < -0.4 is 5.73 Å². The quantitative estimate of drug-likeness (QED) is 0.595. The molecule has 0 amide bonds. The molecule has 0 saturated carbocycles. The Balaban J connectivity index is 2.46. The van der Waals surface area contributed by atoms with Crippen LogP contribution in [0.2, 0.25) is 5.02 Å². The van der Waals surface area contributed by atoms with Crippen LogP contribution in [-0.4, -0.2) is 0 Å². The molecule has 0 saturated heterocycles. The Bertz CT molecular complexity index is 605. The SMILES string of the molecule is Nc1cc(F)c(-c2ccc(C(F)(F)F)cc2)cc1Cl. The standard InChI is InChI=1S/C13H8ClF4N/c14-10-5-9(11(15)6-12(10)19)7-1-3-8(4-2-7)13(16,17)18/h1-6H,19H2. The van der Waals surface area contributed by atoms with Crippen LogP contribution in [0, 0.1) is 5.82 Å². The molecule has 0 aliphatic carbocycles. The second-order valence-corrected chi connectivity index (χ2v) is 4.34. The average Bonchev–Trinajstić information content (AvgIpc) is 2.33. The summed E-state index contributed by atoms with van der Waals surface area (Å²) in [7, 11) is 0. The summed E-state index contributed by atoms with van der Waals surface area (Å²) in [6.45, 7) is 0. The van der Waals surface area contributed by atoms with E-state index >= 15 is 0 Å². The molecule has 2 aromatic carbocycles. The van der Waals surface area contributed by atoms with E-state index < -0.39 is 17.6 Å². The molecule has 19 heavy (non-hydrogen) atoms. The summed E-state index contributed by atoms with van der Waals surface area (Å²) in [5, 5.41) is 0.149. The fourth-order valence-electron chi connectivity index (χ4n) is 1.62. The molecule has 1 nitrogen and oxygen atoms in total. The number of benzene rings is 2. The van der Waals surface area contributed by atoms with Crippen LogP contribution >= 0.6 is 11.6 Å². The zero-order valence-corrected chi connectivity index (χ0v) is 10.2. The third kappa shape index (κ3) is 2.81. The lowest BCUT2D eigenvalue weighted by molar-refractivity contribution is -0.137. The molecule has 0 atom stereocenters. The van der Waals surface area contributed by atoms with Gasteiger partial charge in [0.15, 0.2) is 0 Å². The number of hydrogen-bond donors (Lipinski definition) is 1. The molecule has 0 unspecified atom stereocenters. The molecule has 6 heteroatoms. The lowest BCUT2D eigenvalue weighted by Crippen LogP contribution is -2.04. The van der Waals surface area contributed by atoms with Gasteiger partial charge in [-0.1, -0.05) is 23.7 Å². The fraction of sp³-hybridized carbons (Fsp3) is 0.0769. The van der Waals surface area contributed by atoms with E-state index in [2.05, 4.69) is 0 Å². The zero-order valence-electron chi connectivity index (χ0n) is 9.43. The molecule has 2 aromatic rings. The van der Waals surface area contributed by atoms with Crippen molar-refractivity contribution in [3.05, 3.63) is 52.8 Å². The number of hydrogen-bond acceptors (Lipinski definition) is 1. The number of halogens is 5. The van der Waals surface area contributed by atoms with Gasteiger partial charge in [-0.25, -0.2) is 4.39 Å². The van der Waals surface area contributed by atoms with Crippen LogP contribution in [0.25, 0.3) is 11.1 Å². The molecule has 0 bridgehead atoms. The Morgan fingerprint density at radius 2 is 1.58 bits per heavy atom. The Morgan fingerprint density at radius 3 is 2.11 bits per heavy atom. The number of nitrogen functional groups attached to an aromatic ring is 1. The molecule has 0 radical (unpaired) electrons. The van der Waals surface area contributed by atoms with Crippen molar-refractivity contribution in [3.63, 3.8) is 0 Å². The number of alkyl halides is 3. The van der Waals surface area contributed by atoms with Gasteiger partial charge in [0, 0.05) is 5.56 Å². The van der Waals surface area contributed by atoms with Crippen LogP contribution in [0.4, 0.5) is 23.2 Å². The molecule has 2 N–H and O–H groups in total. The predicted octanol–water partition coefficient (Wildman–Crippen LogP) is 4.75. The van der Waals surface area contributed by atoms with E-state index in [-0.39, 0.29) is 16.3 Å². The maximum absolute atomic E-state index is 13.7. The first-order valence-electron chi connectivity index (χ1n) is 5.21. The Hall–Kier alpha value is -1.75. The van der Waals surface area contributed by atoms with Crippen LogP contribution in [-0.2, 0) is 6.18 Å². The van der Waals surface area contributed by atoms with E-state index in [4.69, 9.17) is 17.3 Å². The van der Waals surface area contributed by atoms with Crippen LogP contribution in [0.3, 0.4) is 0 Å². The first-order chi connectivity index (χ1) is 8.79. The van der Waals surface area contributed by atoms with Gasteiger partial charge in [0.25, 0.3) is 0 Å². The second-order valence-electron chi connectivity index (χ2n) is 3.93. The van der Waals surface area contributed by atoms with Gasteiger partial charge in [0.1, 0.15) is 5.82 Å². The monoisotopic (exact) mass is 289 g/mol. The van der Waals surface area contributed by atoms with Crippen molar-refractivity contribution in [2.45, 2.75) is 6.18 Å². The molecule has 0 fully saturated rings. The minimum absolute atomic E-state index is 0.0785. The molecule has 0 aromatic heterocycles. The maximum atomic E-state index is 13.7. The highest BCUT2D eigenvalue weighted by Crippen LogP contribution is 2.33. The Kier molecular flexibility index (Phi) is 3.41. The van der Waals surface area contributed by atoms with Crippen LogP contribution in [0.5, 0.6) is 0 Å². The maximum Gasteiger partial charge on any atom is 0.416 e. The van der Waals surface area contributed by atoms with Gasteiger partial charge >= 0.3 is 6.18 Å². The Labute approximate surface area is 111 Å². The minimum atomic E-state index is -4.42. The lowest BCUT2D eigenvalue weighted by atomic mass is 10.0. The fourth-order valence-corrected chi connectivity index (χ4v) is 1.79. The van der Waals surface area contributed by atoms with E-state index in [0.29, 0.717) is 5.56 Å². The van der Waals surface area contributed by atoms with Crippen molar-refractivity contribution in [2.24, 2.45) is 0 Å². The molecule has 100 valence electrons. The molecular weight excluding hydrogens is 282 g/mol. The molecular formula is C13H8ClF4N. The zero-order chi connectivity index (χ0) is 14.2. The summed E-state index contributed by atoms with van der Waals surface area (Å²) in [5.41, 5.74) is 5.12. The predicted molar refractivity (Wildman–Crippen MR) is 66.3 cm³/mol. The van der Waals surface area contributed by atoms with Gasteiger partial charge in [0.05, 0.1) is 16.3 Å². The van der Waals surface area contributed by atoms with E-state index in [0.717, 1.165) is 18.2 Å². The first kappa shape index (κ1) is 13.7. The summed E-state index contributed by atoms with van der Waals surface area (Å²) in [5.74, 6) is -0.637. The van der Waals surface area contributed by atoms with E-state index in [1.165, 1.54) is 18.2 Å². The lowest BCUT2D eigenvalue weighted by Gasteiger charge is -2.09. The second kappa shape index (κ2) is 4.74. The van der Waals surface area contributed by atoms with Gasteiger partial charge in [-0.15, -0.1) is 0 Å². The van der Waals surface area contributed by atoms with Crippen molar-refractivity contribution in [1.82, 2.24) is 0 Å². The van der Waals surface area contributed by atoms with Gasteiger partial charge in [0.2, 0.25) is 0 Å². The third-order valence-electron chi connectivity index (χ3n) is 2.61. The van der Waals surface area contributed by atoms with Crippen molar-refractivity contribution < 1.29 is 17.6 Å². The summed E-state index contributed by atoms with van der Waals surface area (Å²) in [6, 6.07) is 6.48. The van der Waals surface area contributed by atoms with Crippen LogP contribution in [0.1, 0.15) is 5.56 Å². The highest BCUT2D eigenvalue weighted by molar-refractivity contribution is 6.33. The van der Waals surface area contributed by atoms with Crippen molar-refractivity contribution >= 4 is 17.3 Å². The summed E-state index contributed by atoms with van der Waals surface area (Å²) >= 11 is 5.77. The minimum Gasteiger partial charge on any atom is -0.397 e. The van der Waals surface area contributed by atoms with Crippen molar-refractivity contribution in [2.75, 3.05) is 5.73 Å². The average molecular weight is 290 g/mol. The summed E-state index contributed by atoms with van der Waals surface area (Å²) in [4.78, 5) is 0. The normalized spacial score (nSPS) is 11.6. The van der Waals surface area contributed by atoms with Gasteiger partial charge < -0.3 is 5.73 Å². The van der Waals surface area contributed by atoms with E-state index in [1.807, 2.05) is 0 Å². The molecule has 0 heterocycles. The van der Waals surface area contributed by atoms with Crippen molar-refractivity contribution in [3.8, 4) is 11.1 Å². The largest absolute Gasteiger partial charge is 0.416 e. The van der Waals surface area contributed by atoms with Crippen LogP contribution in [0.15, 0.2) is 36.4 Å².